The van der Waals surface area contributed by atoms with Crippen LogP contribution in [0.2, 0.25) is 0 Å². The fourth-order valence-corrected chi connectivity index (χ4v) is 3.34. The number of aryl methyl sites for hydroxylation is 2. The van der Waals surface area contributed by atoms with E-state index in [-0.39, 0.29) is 5.38 Å². The Kier molecular flexibility index (Phi) is 3.99. The minimum Gasteiger partial charge on any atom is -0.210 e. The molecule has 3 nitrogen and oxygen atoms in total. The van der Waals surface area contributed by atoms with E-state index in [4.69, 9.17) is 11.6 Å². The lowest BCUT2D eigenvalue weighted by atomic mass is 10.1. The monoisotopic (exact) mass is 287 g/mol. The molecule has 0 spiro atoms. The van der Waals surface area contributed by atoms with Gasteiger partial charge in [-0.15, -0.1) is 11.6 Å². The van der Waals surface area contributed by atoms with Crippen LogP contribution in [0.25, 0.3) is 0 Å². The number of halogens is 1. The zero-order valence-electron chi connectivity index (χ0n) is 10.6. The van der Waals surface area contributed by atoms with Gasteiger partial charge in [0.25, 0.3) is 0 Å². The average molecular weight is 288 g/mol. The third-order valence-corrected chi connectivity index (χ3v) is 5.32. The summed E-state index contributed by atoms with van der Waals surface area (Å²) in [6.07, 6.45) is 2.22. The van der Waals surface area contributed by atoms with Crippen molar-refractivity contribution in [2.24, 2.45) is 5.92 Å². The number of hydrogen-bond acceptors (Lipinski definition) is 2. The van der Waals surface area contributed by atoms with Crippen LogP contribution in [0.4, 0.5) is 0 Å². The standard InChI is InChI=1S/C13H18ClNO2S/c1-9-3-6-12(7-10(9)2)18(16,17)15-8-13(14)11-4-5-11/h3,6-7,11,13,15H,4-5,8H2,1-2H3. The number of sulfonamides is 1. The summed E-state index contributed by atoms with van der Waals surface area (Å²) in [4.78, 5) is 0.310. The minimum absolute atomic E-state index is 0.0914. The van der Waals surface area contributed by atoms with Gasteiger partial charge in [0.2, 0.25) is 10.0 Å². The third kappa shape index (κ3) is 3.25. The zero-order valence-corrected chi connectivity index (χ0v) is 12.2. The van der Waals surface area contributed by atoms with Gasteiger partial charge in [-0.25, -0.2) is 13.1 Å². The first-order chi connectivity index (χ1) is 8.40. The van der Waals surface area contributed by atoms with Gasteiger partial charge in [-0.3, -0.25) is 0 Å². The fraction of sp³-hybridized carbons (Fsp3) is 0.538. The Balaban J connectivity index is 2.07. The summed E-state index contributed by atoms with van der Waals surface area (Å²) >= 11 is 6.10. The van der Waals surface area contributed by atoms with Crippen molar-refractivity contribution in [3.8, 4) is 0 Å². The molecule has 2 rings (SSSR count). The van der Waals surface area contributed by atoms with Crippen LogP contribution in [0.3, 0.4) is 0 Å². The Hall–Kier alpha value is -0.580. The van der Waals surface area contributed by atoms with Gasteiger partial charge in [0.1, 0.15) is 0 Å². The van der Waals surface area contributed by atoms with E-state index >= 15 is 0 Å². The summed E-state index contributed by atoms with van der Waals surface area (Å²) in [6.45, 7) is 4.17. The van der Waals surface area contributed by atoms with Gasteiger partial charge in [-0.05, 0) is 55.9 Å². The van der Waals surface area contributed by atoms with E-state index in [9.17, 15) is 8.42 Å². The van der Waals surface area contributed by atoms with Crippen LogP contribution in [-0.4, -0.2) is 20.3 Å². The van der Waals surface area contributed by atoms with Crippen molar-refractivity contribution in [2.75, 3.05) is 6.54 Å². The lowest BCUT2D eigenvalue weighted by Crippen LogP contribution is -2.30. The second-order valence-electron chi connectivity index (χ2n) is 4.95. The highest BCUT2D eigenvalue weighted by atomic mass is 35.5. The number of alkyl halides is 1. The van der Waals surface area contributed by atoms with Gasteiger partial charge >= 0.3 is 0 Å². The van der Waals surface area contributed by atoms with Crippen LogP contribution in [-0.2, 0) is 10.0 Å². The summed E-state index contributed by atoms with van der Waals surface area (Å²) in [5, 5.41) is -0.0914. The highest BCUT2D eigenvalue weighted by molar-refractivity contribution is 7.89. The molecule has 1 unspecified atom stereocenters. The van der Waals surface area contributed by atoms with E-state index in [0.717, 1.165) is 24.0 Å². The maximum atomic E-state index is 12.1. The van der Waals surface area contributed by atoms with Crippen molar-refractivity contribution in [1.82, 2.24) is 4.72 Å². The summed E-state index contributed by atoms with van der Waals surface area (Å²) < 4.78 is 26.7. The quantitative estimate of drug-likeness (QED) is 0.846. The molecule has 1 saturated carbocycles. The van der Waals surface area contributed by atoms with E-state index in [2.05, 4.69) is 4.72 Å². The van der Waals surface area contributed by atoms with Crippen LogP contribution in [0.15, 0.2) is 23.1 Å². The molecule has 0 saturated heterocycles. The molecular weight excluding hydrogens is 270 g/mol. The first-order valence-corrected chi connectivity index (χ1v) is 8.03. The van der Waals surface area contributed by atoms with Gasteiger partial charge in [-0.2, -0.15) is 0 Å². The number of benzene rings is 1. The average Bonchev–Trinajstić information content (AvgIpc) is 3.13. The predicted octanol–water partition coefficient (Wildman–Crippen LogP) is 2.60. The summed E-state index contributed by atoms with van der Waals surface area (Å²) in [5.41, 5.74) is 2.06. The van der Waals surface area contributed by atoms with Crippen LogP contribution in [0.1, 0.15) is 24.0 Å². The molecule has 1 fully saturated rings. The zero-order chi connectivity index (χ0) is 13.3. The van der Waals surface area contributed by atoms with Crippen LogP contribution >= 0.6 is 11.6 Å². The minimum atomic E-state index is -3.43. The Bertz CT molecular complexity index is 538. The maximum absolute atomic E-state index is 12.1. The van der Waals surface area contributed by atoms with Crippen molar-refractivity contribution < 1.29 is 8.42 Å². The largest absolute Gasteiger partial charge is 0.240 e. The van der Waals surface area contributed by atoms with Gasteiger partial charge in [0, 0.05) is 11.9 Å². The molecular formula is C13H18ClNO2S. The SMILES string of the molecule is Cc1ccc(S(=O)(=O)NCC(Cl)C2CC2)cc1C. The lowest BCUT2D eigenvalue weighted by Gasteiger charge is -2.11. The first kappa shape index (κ1) is 13.8. The molecule has 100 valence electrons. The van der Waals surface area contributed by atoms with Crippen LogP contribution < -0.4 is 4.72 Å². The molecule has 0 aliphatic heterocycles. The molecule has 0 bridgehead atoms. The maximum Gasteiger partial charge on any atom is 0.240 e. The molecule has 5 heteroatoms. The van der Waals surface area contributed by atoms with Crippen molar-refractivity contribution in [3.05, 3.63) is 29.3 Å². The summed E-state index contributed by atoms with van der Waals surface area (Å²) in [5.74, 6) is 0.481. The fourth-order valence-electron chi connectivity index (χ4n) is 1.78. The van der Waals surface area contributed by atoms with Gasteiger partial charge in [-0.1, -0.05) is 6.07 Å². The van der Waals surface area contributed by atoms with Gasteiger partial charge < -0.3 is 0 Å². The van der Waals surface area contributed by atoms with Crippen molar-refractivity contribution in [1.29, 1.82) is 0 Å². The first-order valence-electron chi connectivity index (χ1n) is 6.11. The van der Waals surface area contributed by atoms with Crippen LogP contribution in [0, 0.1) is 19.8 Å². The molecule has 1 atom stereocenters. The van der Waals surface area contributed by atoms with E-state index in [1.807, 2.05) is 19.9 Å². The molecule has 1 aliphatic rings. The smallest absolute Gasteiger partial charge is 0.210 e. The lowest BCUT2D eigenvalue weighted by molar-refractivity contribution is 0.576. The topological polar surface area (TPSA) is 46.2 Å². The molecule has 0 heterocycles. The normalized spacial score (nSPS) is 17.7. The molecule has 0 amide bonds. The molecule has 1 aromatic carbocycles. The van der Waals surface area contributed by atoms with Crippen molar-refractivity contribution in [3.63, 3.8) is 0 Å². The number of nitrogens with one attached hydrogen (secondary N) is 1. The number of rotatable bonds is 5. The van der Waals surface area contributed by atoms with Gasteiger partial charge in [0.15, 0.2) is 0 Å². The summed E-state index contributed by atoms with van der Waals surface area (Å²) in [6, 6.07) is 5.14. The van der Waals surface area contributed by atoms with Crippen molar-refractivity contribution >= 4 is 21.6 Å². The Morgan fingerprint density at radius 2 is 2.00 bits per heavy atom. The molecule has 1 N–H and O–H groups in total. The van der Waals surface area contributed by atoms with Crippen molar-refractivity contribution in [2.45, 2.75) is 37.0 Å². The van der Waals surface area contributed by atoms with E-state index < -0.39 is 10.0 Å². The molecule has 18 heavy (non-hydrogen) atoms. The summed E-state index contributed by atoms with van der Waals surface area (Å²) in [7, 11) is -3.43. The Morgan fingerprint density at radius 1 is 1.33 bits per heavy atom. The Morgan fingerprint density at radius 3 is 2.56 bits per heavy atom. The third-order valence-electron chi connectivity index (χ3n) is 3.39. The molecule has 0 radical (unpaired) electrons. The van der Waals surface area contributed by atoms with Gasteiger partial charge in [0.05, 0.1) is 4.90 Å². The van der Waals surface area contributed by atoms with E-state index in [0.29, 0.717) is 17.4 Å². The van der Waals surface area contributed by atoms with E-state index in [1.54, 1.807) is 12.1 Å². The van der Waals surface area contributed by atoms with Crippen LogP contribution in [0.5, 0.6) is 0 Å². The van der Waals surface area contributed by atoms with E-state index in [1.165, 1.54) is 0 Å². The number of hydrogen-bond donors (Lipinski definition) is 1. The second kappa shape index (κ2) is 5.19. The molecule has 0 aromatic heterocycles. The Labute approximate surface area is 114 Å². The second-order valence-corrected chi connectivity index (χ2v) is 7.28. The molecule has 1 aromatic rings. The highest BCUT2D eigenvalue weighted by Gasteiger charge is 2.30. The highest BCUT2D eigenvalue weighted by Crippen LogP contribution is 2.35. The predicted molar refractivity (Wildman–Crippen MR) is 73.5 cm³/mol. The molecule has 1 aliphatic carbocycles.